The second kappa shape index (κ2) is 5.05. The normalized spacial score (nSPS) is 14.6. The van der Waals surface area contributed by atoms with Crippen LogP contribution in [0.1, 0.15) is 0 Å². The molecule has 2 heterocycles. The number of anilines is 1. The Hall–Kier alpha value is -1.82. The number of benzene rings is 1. The summed E-state index contributed by atoms with van der Waals surface area (Å²) in [6, 6.07) is 5.80. The minimum absolute atomic E-state index is 0.261. The highest BCUT2D eigenvalue weighted by Gasteiger charge is 2.15. The number of ether oxygens (including phenoxy) is 2. The molecule has 0 spiro atoms. The van der Waals surface area contributed by atoms with Gasteiger partial charge in [-0.2, -0.15) is 0 Å². The van der Waals surface area contributed by atoms with Crippen LogP contribution in [-0.2, 0) is 10.8 Å². The van der Waals surface area contributed by atoms with Crippen LogP contribution in [0.2, 0.25) is 0 Å². The summed E-state index contributed by atoms with van der Waals surface area (Å²) < 4.78 is 21.8. The lowest BCUT2D eigenvalue weighted by atomic mass is 10.1. The molecular formula is C13H14N2O3S. The van der Waals surface area contributed by atoms with E-state index in [9.17, 15) is 4.21 Å². The predicted molar refractivity (Wildman–Crippen MR) is 75.3 cm³/mol. The van der Waals surface area contributed by atoms with Crippen LogP contribution in [-0.4, -0.2) is 34.5 Å². The minimum atomic E-state index is -0.808. The van der Waals surface area contributed by atoms with E-state index in [1.165, 1.54) is 0 Å². The Morgan fingerprint density at radius 3 is 2.95 bits per heavy atom. The number of hydrogen-bond acceptors (Lipinski definition) is 5. The maximum atomic E-state index is 11.1. The van der Waals surface area contributed by atoms with E-state index in [2.05, 4.69) is 10.3 Å². The van der Waals surface area contributed by atoms with Gasteiger partial charge in [0, 0.05) is 40.9 Å². The van der Waals surface area contributed by atoms with Gasteiger partial charge in [0.25, 0.3) is 0 Å². The van der Waals surface area contributed by atoms with Gasteiger partial charge in [0.1, 0.15) is 5.82 Å². The molecule has 0 fully saturated rings. The fourth-order valence-corrected chi connectivity index (χ4v) is 2.41. The van der Waals surface area contributed by atoms with Crippen LogP contribution in [0.4, 0.5) is 5.82 Å². The molecule has 0 amide bonds. The van der Waals surface area contributed by atoms with Crippen molar-refractivity contribution in [2.24, 2.45) is 0 Å². The molecule has 19 heavy (non-hydrogen) atoms. The second-order valence-corrected chi connectivity index (χ2v) is 5.84. The van der Waals surface area contributed by atoms with E-state index in [-0.39, 0.29) is 6.79 Å². The van der Waals surface area contributed by atoms with Crippen molar-refractivity contribution in [1.29, 1.82) is 0 Å². The first-order valence-corrected chi connectivity index (χ1v) is 7.69. The topological polar surface area (TPSA) is 60.5 Å². The number of aromatic nitrogens is 1. The van der Waals surface area contributed by atoms with Gasteiger partial charge in [-0.15, -0.1) is 0 Å². The van der Waals surface area contributed by atoms with Gasteiger partial charge in [-0.25, -0.2) is 4.98 Å². The maximum Gasteiger partial charge on any atom is 0.231 e. The molecule has 2 aromatic rings. The van der Waals surface area contributed by atoms with Crippen LogP contribution in [0.3, 0.4) is 0 Å². The lowest BCUT2D eigenvalue weighted by Crippen LogP contribution is -2.10. The summed E-state index contributed by atoms with van der Waals surface area (Å²) in [5.74, 6) is 2.88. The van der Waals surface area contributed by atoms with Crippen molar-refractivity contribution in [3.63, 3.8) is 0 Å². The molecule has 5 nitrogen and oxygen atoms in total. The Kier molecular flexibility index (Phi) is 3.25. The highest BCUT2D eigenvalue weighted by Crippen LogP contribution is 2.37. The smallest absolute Gasteiger partial charge is 0.231 e. The molecule has 0 bridgehead atoms. The third-order valence-electron chi connectivity index (χ3n) is 2.94. The summed E-state index contributed by atoms with van der Waals surface area (Å²) >= 11 is 0. The Labute approximate surface area is 113 Å². The molecule has 0 aliphatic carbocycles. The van der Waals surface area contributed by atoms with E-state index in [0.717, 1.165) is 28.1 Å². The van der Waals surface area contributed by atoms with E-state index >= 15 is 0 Å². The lowest BCUT2D eigenvalue weighted by molar-refractivity contribution is 0.174. The van der Waals surface area contributed by atoms with Crippen LogP contribution in [0.5, 0.6) is 11.5 Å². The number of rotatable bonds is 4. The summed E-state index contributed by atoms with van der Waals surface area (Å²) in [6.45, 7) is 0.889. The average molecular weight is 278 g/mol. The van der Waals surface area contributed by atoms with Crippen molar-refractivity contribution in [3.8, 4) is 11.5 Å². The zero-order chi connectivity index (χ0) is 13.2. The van der Waals surface area contributed by atoms with E-state index in [1.54, 1.807) is 12.5 Å². The van der Waals surface area contributed by atoms with E-state index in [0.29, 0.717) is 12.3 Å². The van der Waals surface area contributed by atoms with Crippen molar-refractivity contribution < 1.29 is 13.7 Å². The van der Waals surface area contributed by atoms with Crippen molar-refractivity contribution in [2.75, 3.05) is 30.7 Å². The molecule has 1 aromatic heterocycles. The monoisotopic (exact) mass is 278 g/mol. The van der Waals surface area contributed by atoms with Gasteiger partial charge < -0.3 is 14.8 Å². The van der Waals surface area contributed by atoms with Crippen LogP contribution >= 0.6 is 0 Å². The summed E-state index contributed by atoms with van der Waals surface area (Å²) in [5, 5.41) is 5.23. The first-order valence-electron chi connectivity index (χ1n) is 5.96. The van der Waals surface area contributed by atoms with Crippen LogP contribution in [0.15, 0.2) is 24.4 Å². The highest BCUT2D eigenvalue weighted by atomic mass is 32.2. The maximum absolute atomic E-state index is 11.1. The molecule has 1 atom stereocenters. The zero-order valence-electron chi connectivity index (χ0n) is 10.5. The Balaban J connectivity index is 1.93. The van der Waals surface area contributed by atoms with Gasteiger partial charge in [-0.1, -0.05) is 0 Å². The number of hydrogen-bond donors (Lipinski definition) is 1. The summed E-state index contributed by atoms with van der Waals surface area (Å²) in [7, 11) is -0.808. The van der Waals surface area contributed by atoms with Gasteiger partial charge in [-0.3, -0.25) is 4.21 Å². The van der Waals surface area contributed by atoms with Crippen LogP contribution in [0.25, 0.3) is 10.8 Å². The summed E-state index contributed by atoms with van der Waals surface area (Å²) in [5.41, 5.74) is 0. The number of nitrogens with zero attached hydrogens (tertiary/aromatic N) is 1. The third-order valence-corrected chi connectivity index (χ3v) is 3.72. The van der Waals surface area contributed by atoms with Crippen molar-refractivity contribution >= 4 is 27.4 Å². The van der Waals surface area contributed by atoms with Crippen molar-refractivity contribution in [3.05, 3.63) is 24.4 Å². The number of nitrogens with one attached hydrogen (secondary N) is 1. The second-order valence-electron chi connectivity index (χ2n) is 4.29. The lowest BCUT2D eigenvalue weighted by Gasteiger charge is -2.08. The van der Waals surface area contributed by atoms with Gasteiger partial charge in [-0.05, 0) is 23.6 Å². The molecule has 0 saturated carbocycles. The van der Waals surface area contributed by atoms with Crippen LogP contribution in [0, 0.1) is 0 Å². The quantitative estimate of drug-likeness (QED) is 0.923. The van der Waals surface area contributed by atoms with Gasteiger partial charge in [0.2, 0.25) is 6.79 Å². The predicted octanol–water partition coefficient (Wildman–Crippen LogP) is 1.75. The van der Waals surface area contributed by atoms with E-state index in [4.69, 9.17) is 9.47 Å². The molecule has 3 rings (SSSR count). The highest BCUT2D eigenvalue weighted by molar-refractivity contribution is 7.84. The van der Waals surface area contributed by atoms with Gasteiger partial charge in [0.05, 0.1) is 0 Å². The molecule has 6 heteroatoms. The fraction of sp³-hybridized carbons (Fsp3) is 0.308. The first-order chi connectivity index (χ1) is 9.24. The SMILES string of the molecule is CS(=O)CCNc1nccc2cc3c(cc12)OCO3. The molecule has 0 saturated heterocycles. The molecule has 1 aliphatic heterocycles. The molecule has 0 radical (unpaired) electrons. The standard InChI is InChI=1S/C13H14N2O3S/c1-19(16)5-4-15-13-10-7-12-11(17-8-18-12)6-9(10)2-3-14-13/h2-3,6-7H,4-5,8H2,1H3,(H,14,15). The molecule has 1 aliphatic rings. The van der Waals surface area contributed by atoms with Gasteiger partial charge >= 0.3 is 0 Å². The average Bonchev–Trinajstić information content (AvgIpc) is 2.83. The molecule has 1 N–H and O–H groups in total. The number of fused-ring (bicyclic) bond motifs is 2. The number of pyridine rings is 1. The largest absolute Gasteiger partial charge is 0.454 e. The van der Waals surface area contributed by atoms with E-state index < -0.39 is 10.8 Å². The Bertz CT molecular complexity index is 645. The Morgan fingerprint density at radius 2 is 2.16 bits per heavy atom. The Morgan fingerprint density at radius 1 is 1.37 bits per heavy atom. The van der Waals surface area contributed by atoms with E-state index in [1.807, 2.05) is 18.2 Å². The first kappa shape index (κ1) is 12.2. The van der Waals surface area contributed by atoms with Crippen molar-refractivity contribution in [2.45, 2.75) is 0 Å². The fourth-order valence-electron chi connectivity index (χ4n) is 2.02. The van der Waals surface area contributed by atoms with Gasteiger partial charge in [0.15, 0.2) is 11.5 Å². The summed E-state index contributed by atoms with van der Waals surface area (Å²) in [4.78, 5) is 4.32. The van der Waals surface area contributed by atoms with Crippen LogP contribution < -0.4 is 14.8 Å². The third kappa shape index (κ3) is 2.49. The molecule has 100 valence electrons. The minimum Gasteiger partial charge on any atom is -0.454 e. The molecular weight excluding hydrogens is 264 g/mol. The van der Waals surface area contributed by atoms with Crippen molar-refractivity contribution in [1.82, 2.24) is 4.98 Å². The zero-order valence-corrected chi connectivity index (χ0v) is 11.3. The summed E-state index contributed by atoms with van der Waals surface area (Å²) in [6.07, 6.45) is 3.44. The molecule has 1 aromatic carbocycles. The molecule has 1 unspecified atom stereocenters.